The van der Waals surface area contributed by atoms with Crippen molar-refractivity contribution < 1.29 is 4.79 Å². The highest BCUT2D eigenvalue weighted by Crippen LogP contribution is 2.15. The van der Waals surface area contributed by atoms with E-state index in [0.717, 1.165) is 26.2 Å². The SMILES string of the molecule is CCN(CC)CCn1cc(NC(=O)C(N)(CC)CC)cn1. The van der Waals surface area contributed by atoms with E-state index >= 15 is 0 Å². The molecule has 1 rings (SSSR count). The first-order valence-corrected chi connectivity index (χ1v) is 7.84. The van der Waals surface area contributed by atoms with Crippen LogP contribution >= 0.6 is 0 Å². The maximum absolute atomic E-state index is 12.2. The molecule has 0 radical (unpaired) electrons. The number of amides is 1. The fourth-order valence-corrected chi connectivity index (χ4v) is 2.16. The lowest BCUT2D eigenvalue weighted by Gasteiger charge is -2.24. The Morgan fingerprint density at radius 1 is 1.33 bits per heavy atom. The van der Waals surface area contributed by atoms with Crippen LogP contribution in [0.2, 0.25) is 0 Å². The highest BCUT2D eigenvalue weighted by atomic mass is 16.2. The molecule has 0 unspecified atom stereocenters. The summed E-state index contributed by atoms with van der Waals surface area (Å²) in [5.74, 6) is -0.143. The lowest BCUT2D eigenvalue weighted by molar-refractivity contribution is -0.121. The van der Waals surface area contributed by atoms with Crippen molar-refractivity contribution in [2.24, 2.45) is 5.73 Å². The molecule has 120 valence electrons. The lowest BCUT2D eigenvalue weighted by atomic mass is 9.93. The molecule has 21 heavy (non-hydrogen) atoms. The minimum absolute atomic E-state index is 0.143. The second-order valence-corrected chi connectivity index (χ2v) is 5.34. The van der Waals surface area contributed by atoms with Crippen molar-refractivity contribution in [2.45, 2.75) is 52.6 Å². The summed E-state index contributed by atoms with van der Waals surface area (Å²) < 4.78 is 1.85. The quantitative estimate of drug-likeness (QED) is 0.727. The highest BCUT2D eigenvalue weighted by Gasteiger charge is 2.30. The number of hydrogen-bond donors (Lipinski definition) is 2. The Hall–Kier alpha value is -1.40. The van der Waals surface area contributed by atoms with Crippen molar-refractivity contribution >= 4 is 11.6 Å². The highest BCUT2D eigenvalue weighted by molar-refractivity contribution is 5.97. The summed E-state index contributed by atoms with van der Waals surface area (Å²) in [4.78, 5) is 14.5. The predicted octanol–water partition coefficient (Wildman–Crippen LogP) is 1.68. The zero-order chi connectivity index (χ0) is 15.9. The van der Waals surface area contributed by atoms with Crippen LogP contribution in [0.5, 0.6) is 0 Å². The molecule has 0 aliphatic heterocycles. The minimum atomic E-state index is -0.802. The summed E-state index contributed by atoms with van der Waals surface area (Å²) in [6.45, 7) is 12.0. The first kappa shape index (κ1) is 17.7. The molecule has 1 aromatic heterocycles. The monoisotopic (exact) mass is 295 g/mol. The third-order valence-electron chi connectivity index (χ3n) is 4.14. The van der Waals surface area contributed by atoms with Crippen molar-refractivity contribution in [3.05, 3.63) is 12.4 Å². The van der Waals surface area contributed by atoms with Gasteiger partial charge in [-0.1, -0.05) is 27.7 Å². The largest absolute Gasteiger partial charge is 0.322 e. The van der Waals surface area contributed by atoms with E-state index < -0.39 is 5.54 Å². The fraction of sp³-hybridized carbons (Fsp3) is 0.733. The standard InChI is InChI=1S/C15H29N5O/c1-5-15(16,6-2)14(21)18-13-11-17-20(12-13)10-9-19(7-3)8-4/h11-12H,5-10,16H2,1-4H3,(H,18,21). The molecule has 1 aromatic rings. The van der Waals surface area contributed by atoms with Crippen molar-refractivity contribution in [3.63, 3.8) is 0 Å². The smallest absolute Gasteiger partial charge is 0.244 e. The third-order valence-corrected chi connectivity index (χ3v) is 4.14. The van der Waals surface area contributed by atoms with Crippen molar-refractivity contribution in [1.82, 2.24) is 14.7 Å². The molecule has 1 amide bonds. The number of carbonyl (C=O) groups excluding carboxylic acids is 1. The van der Waals surface area contributed by atoms with Gasteiger partial charge in [0.2, 0.25) is 5.91 Å². The number of nitrogens with one attached hydrogen (secondary N) is 1. The number of likely N-dealkylation sites (N-methyl/N-ethyl adjacent to an activating group) is 1. The number of nitrogens with zero attached hydrogens (tertiary/aromatic N) is 3. The van der Waals surface area contributed by atoms with Crippen LogP contribution in [0.3, 0.4) is 0 Å². The zero-order valence-corrected chi connectivity index (χ0v) is 13.7. The van der Waals surface area contributed by atoms with Gasteiger partial charge in [-0.15, -0.1) is 0 Å². The van der Waals surface area contributed by atoms with Gasteiger partial charge >= 0.3 is 0 Å². The number of anilines is 1. The van der Waals surface area contributed by atoms with Gasteiger partial charge < -0.3 is 16.0 Å². The molecule has 6 nitrogen and oxygen atoms in total. The van der Waals surface area contributed by atoms with Gasteiger partial charge in [0.05, 0.1) is 24.0 Å². The van der Waals surface area contributed by atoms with E-state index in [2.05, 4.69) is 29.2 Å². The molecule has 0 saturated heterocycles. The fourth-order valence-electron chi connectivity index (χ4n) is 2.16. The van der Waals surface area contributed by atoms with Crippen LogP contribution < -0.4 is 11.1 Å². The Morgan fingerprint density at radius 2 is 1.95 bits per heavy atom. The van der Waals surface area contributed by atoms with Crippen molar-refractivity contribution in [1.29, 1.82) is 0 Å². The van der Waals surface area contributed by atoms with Gasteiger partial charge in [-0.2, -0.15) is 5.10 Å². The van der Waals surface area contributed by atoms with Crippen LogP contribution in [0.1, 0.15) is 40.5 Å². The number of carbonyl (C=O) groups is 1. The van der Waals surface area contributed by atoms with Gasteiger partial charge in [0.25, 0.3) is 0 Å². The molecule has 0 bridgehead atoms. The van der Waals surface area contributed by atoms with Crippen molar-refractivity contribution in [2.75, 3.05) is 25.0 Å². The van der Waals surface area contributed by atoms with E-state index in [9.17, 15) is 4.79 Å². The number of aromatic nitrogens is 2. The molecule has 0 aliphatic rings. The van der Waals surface area contributed by atoms with Crippen LogP contribution in [-0.2, 0) is 11.3 Å². The summed E-state index contributed by atoms with van der Waals surface area (Å²) in [5.41, 5.74) is 5.99. The molecule has 0 fully saturated rings. The number of hydrogen-bond acceptors (Lipinski definition) is 4. The van der Waals surface area contributed by atoms with Gasteiger partial charge in [0, 0.05) is 12.7 Å². The van der Waals surface area contributed by atoms with E-state index in [4.69, 9.17) is 5.73 Å². The summed E-state index contributed by atoms with van der Waals surface area (Å²) in [6.07, 6.45) is 4.76. The number of rotatable bonds is 9. The number of nitrogens with two attached hydrogens (primary N) is 1. The summed E-state index contributed by atoms with van der Waals surface area (Å²) in [5, 5.41) is 7.14. The average Bonchev–Trinajstić information content (AvgIpc) is 2.94. The summed E-state index contributed by atoms with van der Waals surface area (Å²) in [7, 11) is 0. The first-order chi connectivity index (χ1) is 9.98. The molecular weight excluding hydrogens is 266 g/mol. The van der Waals surface area contributed by atoms with Gasteiger partial charge in [0.1, 0.15) is 0 Å². The van der Waals surface area contributed by atoms with E-state index in [0.29, 0.717) is 18.5 Å². The lowest BCUT2D eigenvalue weighted by Crippen LogP contribution is -2.50. The molecular formula is C15H29N5O. The molecule has 1 heterocycles. The van der Waals surface area contributed by atoms with E-state index in [1.807, 2.05) is 24.7 Å². The van der Waals surface area contributed by atoms with Gasteiger partial charge in [-0.3, -0.25) is 9.48 Å². The summed E-state index contributed by atoms with van der Waals surface area (Å²) >= 11 is 0. The van der Waals surface area contributed by atoms with Crippen molar-refractivity contribution in [3.8, 4) is 0 Å². The Morgan fingerprint density at radius 3 is 2.48 bits per heavy atom. The van der Waals surface area contributed by atoms with Crippen LogP contribution in [-0.4, -0.2) is 45.8 Å². The Labute approximate surface area is 127 Å². The van der Waals surface area contributed by atoms with Gasteiger partial charge in [-0.25, -0.2) is 0 Å². The van der Waals surface area contributed by atoms with Crippen LogP contribution in [0.25, 0.3) is 0 Å². The Kier molecular flexibility index (Phi) is 6.84. The van der Waals surface area contributed by atoms with Crippen LogP contribution in [0, 0.1) is 0 Å². The van der Waals surface area contributed by atoms with Gasteiger partial charge in [-0.05, 0) is 25.9 Å². The van der Waals surface area contributed by atoms with Gasteiger partial charge in [0.15, 0.2) is 0 Å². The second-order valence-electron chi connectivity index (χ2n) is 5.34. The summed E-state index contributed by atoms with van der Waals surface area (Å²) in [6, 6.07) is 0. The maximum atomic E-state index is 12.2. The molecule has 3 N–H and O–H groups in total. The average molecular weight is 295 g/mol. The molecule has 0 aromatic carbocycles. The molecule has 0 aliphatic carbocycles. The first-order valence-electron chi connectivity index (χ1n) is 7.84. The second kappa shape index (κ2) is 8.14. The van der Waals surface area contributed by atoms with Crippen LogP contribution in [0.15, 0.2) is 12.4 Å². The van der Waals surface area contributed by atoms with E-state index in [1.165, 1.54) is 0 Å². The zero-order valence-electron chi connectivity index (χ0n) is 13.7. The molecule has 0 spiro atoms. The molecule has 0 saturated carbocycles. The Bertz CT molecular complexity index is 435. The minimum Gasteiger partial charge on any atom is -0.322 e. The van der Waals surface area contributed by atoms with E-state index in [1.54, 1.807) is 6.20 Å². The molecule has 0 atom stereocenters. The maximum Gasteiger partial charge on any atom is 0.244 e. The Balaban J connectivity index is 2.57. The van der Waals surface area contributed by atoms with E-state index in [-0.39, 0.29) is 5.91 Å². The van der Waals surface area contributed by atoms with Crippen LogP contribution in [0.4, 0.5) is 5.69 Å². The molecule has 6 heteroatoms. The predicted molar refractivity (Wildman–Crippen MR) is 86.1 cm³/mol. The normalized spacial score (nSPS) is 11.9. The third kappa shape index (κ3) is 4.82. The topological polar surface area (TPSA) is 76.2 Å².